The van der Waals surface area contributed by atoms with Crippen molar-refractivity contribution in [1.29, 1.82) is 0 Å². The molecule has 0 bridgehead atoms. The highest BCUT2D eigenvalue weighted by Crippen LogP contribution is 2.27. The summed E-state index contributed by atoms with van der Waals surface area (Å²) in [7, 11) is 0. The first-order valence-corrected chi connectivity index (χ1v) is 8.98. The van der Waals surface area contributed by atoms with Crippen LogP contribution in [0.25, 0.3) is 0 Å². The molecule has 0 aliphatic carbocycles. The molecule has 0 spiro atoms. The SMILES string of the molecule is Fc1ccc(COc2ccc(Cl)cc2CNc2cc(Cl)cc(Cl)c2)cc1. The zero-order valence-corrected chi connectivity index (χ0v) is 15.9. The van der Waals surface area contributed by atoms with Gasteiger partial charge in [-0.2, -0.15) is 0 Å². The minimum atomic E-state index is -0.273. The summed E-state index contributed by atoms with van der Waals surface area (Å²) in [6.45, 7) is 0.813. The number of hydrogen-bond donors (Lipinski definition) is 1. The van der Waals surface area contributed by atoms with Gasteiger partial charge in [-0.05, 0) is 54.1 Å². The highest BCUT2D eigenvalue weighted by molar-refractivity contribution is 6.35. The van der Waals surface area contributed by atoms with Crippen LogP contribution in [-0.2, 0) is 13.2 Å². The first-order valence-electron chi connectivity index (χ1n) is 7.85. The molecule has 0 heterocycles. The third kappa shape index (κ3) is 5.28. The molecule has 0 aromatic heterocycles. The molecule has 0 radical (unpaired) electrons. The molecule has 26 heavy (non-hydrogen) atoms. The lowest BCUT2D eigenvalue weighted by Gasteiger charge is -2.14. The van der Waals surface area contributed by atoms with Gasteiger partial charge in [0, 0.05) is 32.9 Å². The smallest absolute Gasteiger partial charge is 0.124 e. The van der Waals surface area contributed by atoms with E-state index >= 15 is 0 Å². The zero-order valence-electron chi connectivity index (χ0n) is 13.6. The monoisotopic (exact) mass is 409 g/mol. The molecule has 0 aliphatic heterocycles. The summed E-state index contributed by atoms with van der Waals surface area (Å²) >= 11 is 18.2. The summed E-state index contributed by atoms with van der Waals surface area (Å²) in [4.78, 5) is 0. The molecule has 0 saturated heterocycles. The van der Waals surface area contributed by atoms with Gasteiger partial charge in [0.25, 0.3) is 0 Å². The van der Waals surface area contributed by atoms with Crippen molar-refractivity contribution in [3.05, 3.63) is 92.7 Å². The molecule has 3 rings (SSSR count). The first kappa shape index (κ1) is 18.8. The molecule has 134 valence electrons. The van der Waals surface area contributed by atoms with E-state index in [1.54, 1.807) is 36.4 Å². The Balaban J connectivity index is 1.71. The molecule has 0 unspecified atom stereocenters. The topological polar surface area (TPSA) is 21.3 Å². The average Bonchev–Trinajstić information content (AvgIpc) is 2.60. The van der Waals surface area contributed by atoms with Gasteiger partial charge in [0.1, 0.15) is 18.2 Å². The lowest BCUT2D eigenvalue weighted by molar-refractivity contribution is 0.303. The lowest BCUT2D eigenvalue weighted by Crippen LogP contribution is -2.04. The van der Waals surface area contributed by atoms with E-state index in [1.807, 2.05) is 12.1 Å². The van der Waals surface area contributed by atoms with Gasteiger partial charge in [0.05, 0.1) is 0 Å². The molecular weight excluding hydrogens is 396 g/mol. The Morgan fingerprint density at radius 1 is 0.808 bits per heavy atom. The fourth-order valence-electron chi connectivity index (χ4n) is 2.42. The molecule has 0 aliphatic rings. The van der Waals surface area contributed by atoms with Crippen LogP contribution >= 0.6 is 34.8 Å². The molecule has 2 nitrogen and oxygen atoms in total. The predicted molar refractivity (Wildman–Crippen MR) is 106 cm³/mol. The molecule has 6 heteroatoms. The Labute approximate surface area is 166 Å². The molecule has 0 amide bonds. The van der Waals surface area contributed by atoms with Crippen LogP contribution in [0.15, 0.2) is 60.7 Å². The van der Waals surface area contributed by atoms with Crippen LogP contribution < -0.4 is 10.1 Å². The van der Waals surface area contributed by atoms with Crippen molar-refractivity contribution in [1.82, 2.24) is 0 Å². The standard InChI is InChI=1S/C20H15Cl3FNO/c21-15-3-6-20(26-12-13-1-4-18(24)5-2-13)14(7-15)11-25-19-9-16(22)8-17(23)10-19/h1-10,25H,11-12H2. The van der Waals surface area contributed by atoms with E-state index < -0.39 is 0 Å². The summed E-state index contributed by atoms with van der Waals surface area (Å²) < 4.78 is 18.9. The van der Waals surface area contributed by atoms with Crippen LogP contribution in [0.3, 0.4) is 0 Å². The van der Waals surface area contributed by atoms with E-state index in [0.717, 1.165) is 16.8 Å². The second-order valence-corrected chi connectivity index (χ2v) is 6.99. The van der Waals surface area contributed by atoms with Crippen molar-refractivity contribution in [2.45, 2.75) is 13.2 Å². The average molecular weight is 411 g/mol. The van der Waals surface area contributed by atoms with E-state index in [-0.39, 0.29) is 5.82 Å². The number of halogens is 4. The minimum absolute atomic E-state index is 0.273. The van der Waals surface area contributed by atoms with Crippen LogP contribution in [0, 0.1) is 5.82 Å². The van der Waals surface area contributed by atoms with Crippen LogP contribution in [0.1, 0.15) is 11.1 Å². The largest absolute Gasteiger partial charge is 0.489 e. The van der Waals surface area contributed by atoms with Gasteiger partial charge in [0.2, 0.25) is 0 Å². The summed E-state index contributed by atoms with van der Waals surface area (Å²) in [6.07, 6.45) is 0. The van der Waals surface area contributed by atoms with Gasteiger partial charge < -0.3 is 10.1 Å². The Bertz CT molecular complexity index is 880. The molecule has 1 N–H and O–H groups in total. The number of anilines is 1. The van der Waals surface area contributed by atoms with Crippen molar-refractivity contribution in [3.8, 4) is 5.75 Å². The maximum atomic E-state index is 13.0. The predicted octanol–water partition coefficient (Wildman–Crippen LogP) is 6.98. The number of benzene rings is 3. The summed E-state index contributed by atoms with van der Waals surface area (Å²) in [5.41, 5.74) is 2.56. The maximum absolute atomic E-state index is 13.0. The summed E-state index contributed by atoms with van der Waals surface area (Å²) in [6, 6.07) is 16.9. The van der Waals surface area contributed by atoms with Crippen molar-refractivity contribution in [2.24, 2.45) is 0 Å². The van der Waals surface area contributed by atoms with Crippen molar-refractivity contribution >= 4 is 40.5 Å². The Hall–Kier alpha value is -1.94. The normalized spacial score (nSPS) is 10.6. The van der Waals surface area contributed by atoms with Gasteiger partial charge in [0.15, 0.2) is 0 Å². The van der Waals surface area contributed by atoms with Crippen molar-refractivity contribution in [3.63, 3.8) is 0 Å². The number of hydrogen-bond acceptors (Lipinski definition) is 2. The van der Waals surface area contributed by atoms with Gasteiger partial charge in [-0.1, -0.05) is 46.9 Å². The Morgan fingerprint density at radius 3 is 2.19 bits per heavy atom. The van der Waals surface area contributed by atoms with E-state index in [9.17, 15) is 4.39 Å². The Kier molecular flexibility index (Phi) is 6.25. The number of rotatable bonds is 6. The van der Waals surface area contributed by atoms with Crippen LogP contribution in [0.5, 0.6) is 5.75 Å². The first-order chi connectivity index (χ1) is 12.5. The fourth-order valence-corrected chi connectivity index (χ4v) is 3.14. The molecule has 3 aromatic carbocycles. The van der Waals surface area contributed by atoms with Gasteiger partial charge in [-0.15, -0.1) is 0 Å². The van der Waals surface area contributed by atoms with E-state index in [4.69, 9.17) is 39.5 Å². The minimum Gasteiger partial charge on any atom is -0.489 e. The zero-order chi connectivity index (χ0) is 18.5. The molecular formula is C20H15Cl3FNO. The number of nitrogens with one attached hydrogen (secondary N) is 1. The van der Waals surface area contributed by atoms with Crippen LogP contribution in [0.4, 0.5) is 10.1 Å². The van der Waals surface area contributed by atoms with Crippen molar-refractivity contribution in [2.75, 3.05) is 5.32 Å². The van der Waals surface area contributed by atoms with E-state index in [0.29, 0.717) is 34.0 Å². The van der Waals surface area contributed by atoms with Crippen LogP contribution in [-0.4, -0.2) is 0 Å². The van der Waals surface area contributed by atoms with Gasteiger partial charge >= 0.3 is 0 Å². The second-order valence-electron chi connectivity index (χ2n) is 5.68. The molecule has 0 fully saturated rings. The third-order valence-corrected chi connectivity index (χ3v) is 4.35. The summed E-state index contributed by atoms with van der Waals surface area (Å²) in [5, 5.41) is 4.98. The van der Waals surface area contributed by atoms with Crippen LogP contribution in [0.2, 0.25) is 15.1 Å². The van der Waals surface area contributed by atoms with E-state index in [1.165, 1.54) is 12.1 Å². The summed E-state index contributed by atoms with van der Waals surface area (Å²) in [5.74, 6) is 0.421. The van der Waals surface area contributed by atoms with Crippen molar-refractivity contribution < 1.29 is 9.13 Å². The number of ether oxygens (including phenoxy) is 1. The molecule has 0 saturated carbocycles. The highest BCUT2D eigenvalue weighted by atomic mass is 35.5. The Morgan fingerprint density at radius 2 is 1.50 bits per heavy atom. The second kappa shape index (κ2) is 8.63. The lowest BCUT2D eigenvalue weighted by atomic mass is 10.2. The molecule has 0 atom stereocenters. The quantitative estimate of drug-likeness (QED) is 0.473. The van der Waals surface area contributed by atoms with Gasteiger partial charge in [-0.3, -0.25) is 0 Å². The third-order valence-electron chi connectivity index (χ3n) is 3.68. The van der Waals surface area contributed by atoms with Gasteiger partial charge in [-0.25, -0.2) is 4.39 Å². The highest BCUT2D eigenvalue weighted by Gasteiger charge is 2.07. The maximum Gasteiger partial charge on any atom is 0.124 e. The van der Waals surface area contributed by atoms with E-state index in [2.05, 4.69) is 5.32 Å². The fraction of sp³-hybridized carbons (Fsp3) is 0.100. The molecule has 3 aromatic rings.